The summed E-state index contributed by atoms with van der Waals surface area (Å²) in [5.41, 5.74) is 2.39. The molecule has 7 heteroatoms. The number of nitrogens with one attached hydrogen (secondary N) is 1. The van der Waals surface area contributed by atoms with Gasteiger partial charge >= 0.3 is 0 Å². The van der Waals surface area contributed by atoms with Crippen LogP contribution < -0.4 is 15.0 Å². The van der Waals surface area contributed by atoms with E-state index in [9.17, 15) is 9.59 Å². The SMILES string of the molecule is CCCNC(=O)[C@H]1CN(C(=O)/C=C/c2cnn(-c3ccccc3)c2)c2ccccc2O1. The molecule has 2 heterocycles. The fraction of sp³-hybridized carbons (Fsp3) is 0.208. The molecule has 0 spiro atoms. The third-order valence-corrected chi connectivity index (χ3v) is 4.92. The van der Waals surface area contributed by atoms with Crippen LogP contribution in [0, 0.1) is 0 Å². The first-order valence-corrected chi connectivity index (χ1v) is 10.3. The van der Waals surface area contributed by atoms with Crippen molar-refractivity contribution in [1.29, 1.82) is 0 Å². The van der Waals surface area contributed by atoms with E-state index >= 15 is 0 Å². The maximum Gasteiger partial charge on any atom is 0.262 e. The Balaban J connectivity index is 1.51. The van der Waals surface area contributed by atoms with Crippen LogP contribution in [0.3, 0.4) is 0 Å². The lowest BCUT2D eigenvalue weighted by molar-refractivity contribution is -0.128. The number of benzene rings is 2. The Morgan fingerprint density at radius 3 is 2.74 bits per heavy atom. The number of carbonyl (C=O) groups is 2. The predicted molar refractivity (Wildman–Crippen MR) is 119 cm³/mol. The number of rotatable bonds is 6. The van der Waals surface area contributed by atoms with Gasteiger partial charge in [-0.15, -0.1) is 0 Å². The van der Waals surface area contributed by atoms with E-state index in [1.165, 1.54) is 6.08 Å². The van der Waals surface area contributed by atoms with E-state index < -0.39 is 6.10 Å². The molecule has 0 saturated carbocycles. The van der Waals surface area contributed by atoms with Crippen LogP contribution in [-0.2, 0) is 9.59 Å². The zero-order valence-electron chi connectivity index (χ0n) is 17.3. The second-order valence-corrected chi connectivity index (χ2v) is 7.20. The Bertz CT molecular complexity index is 1090. The van der Waals surface area contributed by atoms with Crippen LogP contribution in [0.5, 0.6) is 5.75 Å². The molecule has 2 amide bonds. The van der Waals surface area contributed by atoms with Gasteiger partial charge in [-0.2, -0.15) is 5.10 Å². The van der Waals surface area contributed by atoms with Crippen LogP contribution in [-0.4, -0.2) is 40.8 Å². The van der Waals surface area contributed by atoms with E-state index in [2.05, 4.69) is 10.4 Å². The molecule has 1 N–H and O–H groups in total. The summed E-state index contributed by atoms with van der Waals surface area (Å²) >= 11 is 0. The number of hydrogen-bond acceptors (Lipinski definition) is 4. The second-order valence-electron chi connectivity index (χ2n) is 7.20. The van der Waals surface area contributed by atoms with Gasteiger partial charge in [0.25, 0.3) is 11.8 Å². The van der Waals surface area contributed by atoms with Crippen molar-refractivity contribution in [3.05, 3.63) is 78.6 Å². The van der Waals surface area contributed by atoms with Crippen LogP contribution in [0.1, 0.15) is 18.9 Å². The number of carbonyl (C=O) groups excluding carboxylic acids is 2. The minimum absolute atomic E-state index is 0.152. The fourth-order valence-electron chi connectivity index (χ4n) is 3.34. The molecule has 1 aliphatic heterocycles. The van der Waals surface area contributed by atoms with Crippen molar-refractivity contribution >= 4 is 23.6 Å². The number of nitrogens with zero attached hydrogens (tertiary/aromatic N) is 3. The van der Waals surface area contributed by atoms with Gasteiger partial charge in [-0.1, -0.05) is 37.3 Å². The molecule has 3 aromatic rings. The van der Waals surface area contributed by atoms with Crippen molar-refractivity contribution in [2.75, 3.05) is 18.0 Å². The maximum absolute atomic E-state index is 13.0. The summed E-state index contributed by atoms with van der Waals surface area (Å²) in [5, 5.41) is 7.18. The number of amides is 2. The first-order valence-electron chi connectivity index (χ1n) is 10.3. The summed E-state index contributed by atoms with van der Waals surface area (Å²) in [7, 11) is 0. The molecule has 1 aliphatic rings. The minimum atomic E-state index is -0.750. The monoisotopic (exact) mass is 416 g/mol. The number of para-hydroxylation sites is 3. The smallest absolute Gasteiger partial charge is 0.262 e. The van der Waals surface area contributed by atoms with Crippen LogP contribution in [0.15, 0.2) is 73.1 Å². The molecule has 31 heavy (non-hydrogen) atoms. The lowest BCUT2D eigenvalue weighted by atomic mass is 10.1. The van der Waals surface area contributed by atoms with Gasteiger partial charge in [-0.05, 0) is 36.8 Å². The van der Waals surface area contributed by atoms with Crippen molar-refractivity contribution in [2.24, 2.45) is 0 Å². The number of aromatic nitrogens is 2. The summed E-state index contributed by atoms with van der Waals surface area (Å²) < 4.78 is 7.60. The van der Waals surface area contributed by atoms with E-state index in [-0.39, 0.29) is 18.4 Å². The highest BCUT2D eigenvalue weighted by Gasteiger charge is 2.32. The summed E-state index contributed by atoms with van der Waals surface area (Å²) in [6.45, 7) is 2.70. The van der Waals surface area contributed by atoms with E-state index in [1.54, 1.807) is 27.9 Å². The molecule has 7 nitrogen and oxygen atoms in total. The molecule has 0 bridgehead atoms. The first-order chi connectivity index (χ1) is 15.2. The first kappa shape index (κ1) is 20.4. The highest BCUT2D eigenvalue weighted by Crippen LogP contribution is 2.33. The van der Waals surface area contributed by atoms with Crippen LogP contribution in [0.25, 0.3) is 11.8 Å². The number of hydrogen-bond donors (Lipinski definition) is 1. The molecule has 0 fully saturated rings. The van der Waals surface area contributed by atoms with Gasteiger partial charge in [0.1, 0.15) is 5.75 Å². The Kier molecular flexibility index (Phi) is 6.12. The number of anilines is 1. The van der Waals surface area contributed by atoms with Gasteiger partial charge in [0.15, 0.2) is 6.10 Å². The van der Waals surface area contributed by atoms with Gasteiger partial charge in [-0.3, -0.25) is 9.59 Å². The average molecular weight is 416 g/mol. The molecule has 0 saturated heterocycles. The lowest BCUT2D eigenvalue weighted by Gasteiger charge is -2.33. The molecule has 4 rings (SSSR count). The minimum Gasteiger partial charge on any atom is -0.477 e. The standard InChI is InChI=1S/C24H24N4O3/c1-2-14-25-24(30)22-17-27(20-10-6-7-11-21(20)31-22)23(29)13-12-18-15-26-28(16-18)19-8-4-3-5-9-19/h3-13,15-16,22H,2,14,17H2,1H3,(H,25,30)/b13-12+/t22-/m1/s1. The van der Waals surface area contributed by atoms with Crippen molar-refractivity contribution in [1.82, 2.24) is 15.1 Å². The largest absolute Gasteiger partial charge is 0.477 e. The topological polar surface area (TPSA) is 76.5 Å². The van der Waals surface area contributed by atoms with Gasteiger partial charge in [0, 0.05) is 24.4 Å². The molecule has 0 aliphatic carbocycles. The highest BCUT2D eigenvalue weighted by molar-refractivity contribution is 6.05. The Morgan fingerprint density at radius 1 is 1.16 bits per heavy atom. The number of ether oxygens (including phenoxy) is 1. The van der Waals surface area contributed by atoms with E-state index in [4.69, 9.17) is 4.74 Å². The third-order valence-electron chi connectivity index (χ3n) is 4.92. The van der Waals surface area contributed by atoms with Crippen molar-refractivity contribution in [2.45, 2.75) is 19.4 Å². The van der Waals surface area contributed by atoms with Gasteiger partial charge in [0.05, 0.1) is 24.1 Å². The van der Waals surface area contributed by atoms with Crippen molar-refractivity contribution < 1.29 is 14.3 Å². The summed E-state index contributed by atoms with van der Waals surface area (Å²) in [6.07, 6.45) is 6.85. The zero-order chi connectivity index (χ0) is 21.6. The maximum atomic E-state index is 13.0. The van der Waals surface area contributed by atoms with Crippen molar-refractivity contribution in [3.8, 4) is 11.4 Å². The lowest BCUT2D eigenvalue weighted by Crippen LogP contribution is -2.50. The third kappa shape index (κ3) is 4.66. The van der Waals surface area contributed by atoms with Gasteiger partial charge in [-0.25, -0.2) is 4.68 Å². The Labute approximate surface area is 180 Å². The molecule has 1 aromatic heterocycles. The normalized spacial score (nSPS) is 15.4. The summed E-state index contributed by atoms with van der Waals surface area (Å²) in [5.74, 6) is 0.0721. The molecular formula is C24H24N4O3. The van der Waals surface area contributed by atoms with E-state index in [0.29, 0.717) is 18.0 Å². The summed E-state index contributed by atoms with van der Waals surface area (Å²) in [6, 6.07) is 17.0. The molecule has 0 radical (unpaired) electrons. The van der Waals surface area contributed by atoms with E-state index in [1.807, 2.05) is 61.7 Å². The number of fused-ring (bicyclic) bond motifs is 1. The Hall–Kier alpha value is -3.87. The summed E-state index contributed by atoms with van der Waals surface area (Å²) in [4.78, 5) is 27.0. The van der Waals surface area contributed by atoms with E-state index in [0.717, 1.165) is 17.7 Å². The fourth-order valence-corrected chi connectivity index (χ4v) is 3.34. The Morgan fingerprint density at radius 2 is 1.94 bits per heavy atom. The predicted octanol–water partition coefficient (Wildman–Crippen LogP) is 3.21. The van der Waals surface area contributed by atoms with Crippen LogP contribution in [0.2, 0.25) is 0 Å². The zero-order valence-corrected chi connectivity index (χ0v) is 17.3. The average Bonchev–Trinajstić information content (AvgIpc) is 3.30. The molecule has 158 valence electrons. The molecule has 2 aromatic carbocycles. The second kappa shape index (κ2) is 9.30. The highest BCUT2D eigenvalue weighted by atomic mass is 16.5. The molecule has 0 unspecified atom stereocenters. The quantitative estimate of drug-likeness (QED) is 0.626. The van der Waals surface area contributed by atoms with Gasteiger partial charge in [0.2, 0.25) is 0 Å². The van der Waals surface area contributed by atoms with Gasteiger partial charge < -0.3 is 15.0 Å². The van der Waals surface area contributed by atoms with Crippen LogP contribution in [0.4, 0.5) is 5.69 Å². The molecule has 1 atom stereocenters. The molecular weight excluding hydrogens is 392 g/mol. The van der Waals surface area contributed by atoms with Crippen molar-refractivity contribution in [3.63, 3.8) is 0 Å². The van der Waals surface area contributed by atoms with Crippen LogP contribution >= 0.6 is 0 Å².